The fraction of sp³-hybridized carbons (Fsp3) is 0.238. The second-order valence-electron chi connectivity index (χ2n) is 6.16. The molecule has 0 aliphatic heterocycles. The predicted octanol–water partition coefficient (Wildman–Crippen LogP) is 3.53. The Balaban J connectivity index is 1.88. The Kier molecular flexibility index (Phi) is 7.44. The molecule has 1 unspecified atom stereocenters. The van der Waals surface area contributed by atoms with Crippen molar-refractivity contribution in [1.29, 1.82) is 0 Å². The average Bonchev–Trinajstić information content (AvgIpc) is 2.66. The van der Waals surface area contributed by atoms with Crippen LogP contribution in [0.1, 0.15) is 18.1 Å². The van der Waals surface area contributed by atoms with Crippen LogP contribution in [0.5, 0.6) is 5.75 Å². The van der Waals surface area contributed by atoms with Crippen LogP contribution >= 0.6 is 11.6 Å². The van der Waals surface area contributed by atoms with Gasteiger partial charge in [0.2, 0.25) is 11.8 Å². The van der Waals surface area contributed by atoms with Crippen LogP contribution in [0.4, 0.5) is 0 Å². The van der Waals surface area contributed by atoms with Crippen molar-refractivity contribution in [3.63, 3.8) is 0 Å². The molecule has 0 heterocycles. The summed E-state index contributed by atoms with van der Waals surface area (Å²) in [6.07, 6.45) is 3.09. The van der Waals surface area contributed by atoms with Gasteiger partial charge in [0.15, 0.2) is 0 Å². The number of methoxy groups -OCH3 is 1. The molecule has 6 heteroatoms. The number of halogens is 1. The minimum Gasteiger partial charge on any atom is -0.497 e. The van der Waals surface area contributed by atoms with Crippen LogP contribution in [0.2, 0.25) is 5.02 Å². The van der Waals surface area contributed by atoms with Gasteiger partial charge in [-0.15, -0.1) is 0 Å². The third-order valence-electron chi connectivity index (χ3n) is 3.96. The summed E-state index contributed by atoms with van der Waals surface area (Å²) in [4.78, 5) is 26.1. The van der Waals surface area contributed by atoms with Crippen LogP contribution in [0, 0.1) is 0 Å². The minimum atomic E-state index is -0.637. The Labute approximate surface area is 164 Å². The van der Waals surface area contributed by atoms with E-state index in [1.54, 1.807) is 38.1 Å². The number of nitrogens with zero attached hydrogens (tertiary/aromatic N) is 1. The van der Waals surface area contributed by atoms with E-state index >= 15 is 0 Å². The van der Waals surface area contributed by atoms with Gasteiger partial charge in [-0.05, 0) is 48.4 Å². The van der Waals surface area contributed by atoms with Crippen molar-refractivity contribution in [2.45, 2.75) is 19.5 Å². The monoisotopic (exact) mass is 386 g/mol. The van der Waals surface area contributed by atoms with Crippen molar-refractivity contribution >= 4 is 29.5 Å². The number of carbonyl (C=O) groups excluding carboxylic acids is 2. The lowest BCUT2D eigenvalue weighted by Gasteiger charge is -2.22. The summed E-state index contributed by atoms with van der Waals surface area (Å²) in [5.74, 6) is 0.238. The van der Waals surface area contributed by atoms with Crippen molar-refractivity contribution in [1.82, 2.24) is 10.2 Å². The van der Waals surface area contributed by atoms with Gasteiger partial charge in [0.25, 0.3) is 0 Å². The molecular formula is C21H23ClN2O3. The van der Waals surface area contributed by atoms with Gasteiger partial charge in [-0.25, -0.2) is 0 Å². The van der Waals surface area contributed by atoms with E-state index in [0.717, 1.165) is 16.9 Å². The molecule has 0 aliphatic carbocycles. The Morgan fingerprint density at radius 2 is 1.93 bits per heavy atom. The summed E-state index contributed by atoms with van der Waals surface area (Å²) in [6, 6.07) is 14.0. The van der Waals surface area contributed by atoms with E-state index in [0.29, 0.717) is 11.6 Å². The molecule has 0 aromatic heterocycles. The van der Waals surface area contributed by atoms with Crippen molar-refractivity contribution in [2.75, 3.05) is 14.2 Å². The number of hydrogen-bond donors (Lipinski definition) is 1. The van der Waals surface area contributed by atoms with Crippen molar-refractivity contribution in [3.8, 4) is 5.75 Å². The van der Waals surface area contributed by atoms with Crippen LogP contribution in [0.3, 0.4) is 0 Å². The molecule has 2 aromatic carbocycles. The van der Waals surface area contributed by atoms with E-state index < -0.39 is 6.04 Å². The number of amides is 2. The van der Waals surface area contributed by atoms with Gasteiger partial charge in [-0.1, -0.05) is 35.9 Å². The van der Waals surface area contributed by atoms with Gasteiger partial charge < -0.3 is 15.0 Å². The van der Waals surface area contributed by atoms with E-state index in [2.05, 4.69) is 5.32 Å². The number of rotatable bonds is 7. The van der Waals surface area contributed by atoms with E-state index in [1.165, 1.54) is 6.08 Å². The largest absolute Gasteiger partial charge is 0.497 e. The van der Waals surface area contributed by atoms with Crippen LogP contribution in [-0.2, 0) is 16.1 Å². The Morgan fingerprint density at radius 3 is 2.56 bits per heavy atom. The number of benzene rings is 2. The van der Waals surface area contributed by atoms with Crippen molar-refractivity contribution in [3.05, 3.63) is 70.8 Å². The number of nitrogens with one attached hydrogen (secondary N) is 1. The van der Waals surface area contributed by atoms with E-state index in [4.69, 9.17) is 16.3 Å². The van der Waals surface area contributed by atoms with Gasteiger partial charge in [0.05, 0.1) is 7.11 Å². The van der Waals surface area contributed by atoms with Crippen molar-refractivity contribution in [2.24, 2.45) is 0 Å². The number of likely N-dealkylation sites (N-methyl/N-ethyl adjacent to an activating group) is 1. The zero-order valence-electron chi connectivity index (χ0n) is 15.6. The molecule has 0 bridgehead atoms. The van der Waals surface area contributed by atoms with Gasteiger partial charge in [-0.3, -0.25) is 9.59 Å². The number of carbonyl (C=O) groups is 2. The quantitative estimate of drug-likeness (QED) is 0.740. The zero-order chi connectivity index (χ0) is 19.8. The first-order chi connectivity index (χ1) is 12.9. The Morgan fingerprint density at radius 1 is 1.22 bits per heavy atom. The van der Waals surface area contributed by atoms with Gasteiger partial charge >= 0.3 is 0 Å². The molecule has 0 fully saturated rings. The molecule has 27 heavy (non-hydrogen) atoms. The van der Waals surface area contributed by atoms with Crippen LogP contribution in [0.25, 0.3) is 6.08 Å². The standard InChI is InChI=1S/C21H23ClN2O3/c1-15(21(26)24(2)14-17-5-4-6-18(22)13-17)23-20(25)12-9-16-7-10-19(27-3)11-8-16/h4-13,15H,14H2,1-3H3,(H,23,25)/b12-9+. The summed E-state index contributed by atoms with van der Waals surface area (Å²) in [5.41, 5.74) is 1.79. The van der Waals surface area contributed by atoms with Crippen LogP contribution < -0.4 is 10.1 Å². The highest BCUT2D eigenvalue weighted by atomic mass is 35.5. The van der Waals surface area contributed by atoms with Gasteiger partial charge in [-0.2, -0.15) is 0 Å². The summed E-state index contributed by atoms with van der Waals surface area (Å²) in [5, 5.41) is 3.31. The minimum absolute atomic E-state index is 0.179. The molecule has 0 aliphatic rings. The van der Waals surface area contributed by atoms with Crippen LogP contribution in [-0.4, -0.2) is 36.9 Å². The maximum absolute atomic E-state index is 12.5. The first-order valence-electron chi connectivity index (χ1n) is 8.51. The summed E-state index contributed by atoms with van der Waals surface area (Å²) in [6.45, 7) is 2.08. The molecule has 142 valence electrons. The first kappa shape index (κ1) is 20.5. The highest BCUT2D eigenvalue weighted by Crippen LogP contribution is 2.13. The highest BCUT2D eigenvalue weighted by Gasteiger charge is 2.18. The molecule has 0 saturated heterocycles. The molecule has 0 saturated carbocycles. The molecule has 2 rings (SSSR count). The van der Waals surface area contributed by atoms with E-state index in [1.807, 2.05) is 42.5 Å². The normalized spacial score (nSPS) is 11.9. The number of hydrogen-bond acceptors (Lipinski definition) is 3. The van der Waals surface area contributed by atoms with E-state index in [-0.39, 0.29) is 11.8 Å². The summed E-state index contributed by atoms with van der Waals surface area (Å²) < 4.78 is 5.09. The molecule has 2 amide bonds. The molecule has 0 radical (unpaired) electrons. The maximum atomic E-state index is 12.5. The lowest BCUT2D eigenvalue weighted by atomic mass is 10.2. The fourth-order valence-electron chi connectivity index (χ4n) is 2.53. The van der Waals surface area contributed by atoms with Gasteiger partial charge in [0, 0.05) is 24.7 Å². The molecule has 1 atom stereocenters. The second-order valence-corrected chi connectivity index (χ2v) is 6.60. The summed E-state index contributed by atoms with van der Waals surface area (Å²) >= 11 is 5.97. The fourth-order valence-corrected chi connectivity index (χ4v) is 2.74. The topological polar surface area (TPSA) is 58.6 Å². The van der Waals surface area contributed by atoms with E-state index in [9.17, 15) is 9.59 Å². The maximum Gasteiger partial charge on any atom is 0.244 e. The molecule has 5 nitrogen and oxygen atoms in total. The molecule has 1 N–H and O–H groups in total. The Bertz CT molecular complexity index is 818. The lowest BCUT2D eigenvalue weighted by Crippen LogP contribution is -2.44. The van der Waals surface area contributed by atoms with Crippen molar-refractivity contribution < 1.29 is 14.3 Å². The average molecular weight is 387 g/mol. The molecule has 0 spiro atoms. The highest BCUT2D eigenvalue weighted by molar-refractivity contribution is 6.30. The smallest absolute Gasteiger partial charge is 0.244 e. The third kappa shape index (κ3) is 6.46. The summed E-state index contributed by atoms with van der Waals surface area (Å²) in [7, 11) is 3.29. The van der Waals surface area contributed by atoms with Gasteiger partial charge in [0.1, 0.15) is 11.8 Å². The van der Waals surface area contributed by atoms with Crippen LogP contribution in [0.15, 0.2) is 54.6 Å². The first-order valence-corrected chi connectivity index (χ1v) is 8.89. The second kappa shape index (κ2) is 9.78. The Hall–Kier alpha value is -2.79. The number of ether oxygens (including phenoxy) is 1. The predicted molar refractivity (Wildman–Crippen MR) is 108 cm³/mol. The third-order valence-corrected chi connectivity index (χ3v) is 4.19. The zero-order valence-corrected chi connectivity index (χ0v) is 16.4. The molecular weight excluding hydrogens is 364 g/mol. The molecule has 2 aromatic rings. The lowest BCUT2D eigenvalue weighted by molar-refractivity contribution is -0.134. The SMILES string of the molecule is COc1ccc(/C=C/C(=O)NC(C)C(=O)N(C)Cc2cccc(Cl)c2)cc1.